The molecule has 2 N–H and O–H groups in total. The maximum absolute atomic E-state index is 12.1. The van der Waals surface area contributed by atoms with Crippen LogP contribution in [0, 0.1) is 5.92 Å². The van der Waals surface area contributed by atoms with Gasteiger partial charge in [0, 0.05) is 6.54 Å². The van der Waals surface area contributed by atoms with E-state index in [2.05, 4.69) is 10.6 Å². The second-order valence-corrected chi connectivity index (χ2v) is 7.73. The van der Waals surface area contributed by atoms with Gasteiger partial charge in [0.05, 0.1) is 23.7 Å². The molecular weight excluding hydrogens is 292 g/mol. The highest BCUT2D eigenvalue weighted by Gasteiger charge is 2.30. The molecule has 1 saturated heterocycles. The summed E-state index contributed by atoms with van der Waals surface area (Å²) in [5.41, 5.74) is 0.878. The van der Waals surface area contributed by atoms with Crippen LogP contribution in [0.15, 0.2) is 24.3 Å². The molecule has 0 aromatic heterocycles. The quantitative estimate of drug-likeness (QED) is 0.845. The normalized spacial score (nSPS) is 26.3. The predicted molar refractivity (Wildman–Crippen MR) is 79.1 cm³/mol. The van der Waals surface area contributed by atoms with E-state index in [1.807, 2.05) is 24.3 Å². The number of nitrogens with one attached hydrogen (secondary N) is 2. The van der Waals surface area contributed by atoms with Crippen molar-refractivity contribution in [3.05, 3.63) is 24.3 Å². The molecule has 7 heteroatoms. The lowest BCUT2D eigenvalue weighted by Crippen LogP contribution is -2.46. The first-order valence-corrected chi connectivity index (χ1v) is 8.83. The van der Waals surface area contributed by atoms with Gasteiger partial charge in [-0.2, -0.15) is 0 Å². The number of amides is 1. The van der Waals surface area contributed by atoms with Gasteiger partial charge < -0.3 is 15.4 Å². The highest BCUT2D eigenvalue weighted by atomic mass is 32.2. The molecule has 0 radical (unpaired) electrons. The number of ether oxygens (including phenoxy) is 1. The number of hydrogen-bond acceptors (Lipinski definition) is 5. The number of benzene rings is 1. The van der Waals surface area contributed by atoms with Crippen LogP contribution in [0.5, 0.6) is 5.75 Å². The molecule has 2 aliphatic rings. The number of fused-ring (bicyclic) bond motifs is 1. The molecule has 0 bridgehead atoms. The molecule has 0 spiro atoms. The van der Waals surface area contributed by atoms with E-state index in [0.717, 1.165) is 5.69 Å². The maximum atomic E-state index is 12.1. The Labute approximate surface area is 123 Å². The Kier molecular flexibility index (Phi) is 3.75. The van der Waals surface area contributed by atoms with Crippen LogP contribution < -0.4 is 15.4 Å². The van der Waals surface area contributed by atoms with Crippen molar-refractivity contribution in [3.8, 4) is 5.75 Å². The monoisotopic (exact) mass is 310 g/mol. The van der Waals surface area contributed by atoms with Gasteiger partial charge in [-0.15, -0.1) is 0 Å². The lowest BCUT2D eigenvalue weighted by molar-refractivity contribution is -0.127. The molecule has 6 nitrogen and oxygen atoms in total. The minimum Gasteiger partial charge on any atom is -0.477 e. The second-order valence-electron chi connectivity index (χ2n) is 5.50. The minimum absolute atomic E-state index is 0.0165. The van der Waals surface area contributed by atoms with Gasteiger partial charge in [0.25, 0.3) is 5.91 Å². The number of carbonyl (C=O) groups is 1. The summed E-state index contributed by atoms with van der Waals surface area (Å²) in [7, 11) is -2.90. The zero-order valence-corrected chi connectivity index (χ0v) is 12.4. The van der Waals surface area contributed by atoms with Gasteiger partial charge in [0.2, 0.25) is 0 Å². The van der Waals surface area contributed by atoms with Crippen molar-refractivity contribution in [3.63, 3.8) is 0 Å². The number of para-hydroxylation sites is 2. The van der Waals surface area contributed by atoms with E-state index in [1.165, 1.54) is 0 Å². The van der Waals surface area contributed by atoms with Crippen LogP contribution in [0.3, 0.4) is 0 Å². The molecule has 2 unspecified atom stereocenters. The molecule has 2 aliphatic heterocycles. The summed E-state index contributed by atoms with van der Waals surface area (Å²) in [6, 6.07) is 7.46. The van der Waals surface area contributed by atoms with Gasteiger partial charge in [-0.25, -0.2) is 8.42 Å². The van der Waals surface area contributed by atoms with Crippen LogP contribution >= 0.6 is 0 Å². The summed E-state index contributed by atoms with van der Waals surface area (Å²) >= 11 is 0. The fourth-order valence-corrected chi connectivity index (χ4v) is 4.51. The van der Waals surface area contributed by atoms with Gasteiger partial charge in [0.15, 0.2) is 15.9 Å². The molecular formula is C14H18N2O4S. The number of rotatable bonds is 3. The zero-order chi connectivity index (χ0) is 14.9. The summed E-state index contributed by atoms with van der Waals surface area (Å²) < 4.78 is 28.4. The Balaban J connectivity index is 1.53. The minimum atomic E-state index is -2.90. The second kappa shape index (κ2) is 5.55. The zero-order valence-electron chi connectivity index (χ0n) is 11.5. The molecule has 21 heavy (non-hydrogen) atoms. The largest absolute Gasteiger partial charge is 0.477 e. The van der Waals surface area contributed by atoms with Crippen molar-refractivity contribution >= 4 is 21.4 Å². The van der Waals surface area contributed by atoms with Crippen LogP contribution in [0.25, 0.3) is 0 Å². The third-order valence-electron chi connectivity index (χ3n) is 3.82. The molecule has 0 saturated carbocycles. The van der Waals surface area contributed by atoms with Crippen molar-refractivity contribution in [2.75, 3.05) is 29.9 Å². The molecule has 0 aliphatic carbocycles. The van der Waals surface area contributed by atoms with Gasteiger partial charge in [-0.05, 0) is 24.5 Å². The fraction of sp³-hybridized carbons (Fsp3) is 0.500. The fourth-order valence-electron chi connectivity index (χ4n) is 2.65. The van der Waals surface area contributed by atoms with Gasteiger partial charge in [-0.1, -0.05) is 12.1 Å². The predicted octanol–water partition coefficient (Wildman–Crippen LogP) is 0.410. The summed E-state index contributed by atoms with van der Waals surface area (Å²) in [5.74, 6) is 0.860. The van der Waals surface area contributed by atoms with E-state index in [0.29, 0.717) is 25.3 Å². The summed E-state index contributed by atoms with van der Waals surface area (Å²) in [5, 5.41) is 5.95. The Bertz CT molecular complexity index is 644. The van der Waals surface area contributed by atoms with Crippen molar-refractivity contribution in [1.82, 2.24) is 5.32 Å². The van der Waals surface area contributed by atoms with E-state index in [1.54, 1.807) is 0 Å². The highest BCUT2D eigenvalue weighted by molar-refractivity contribution is 7.91. The molecule has 3 rings (SSSR count). The number of carbonyl (C=O) groups excluding carboxylic acids is 1. The van der Waals surface area contributed by atoms with Crippen LogP contribution in [-0.2, 0) is 14.6 Å². The smallest absolute Gasteiger partial charge is 0.262 e. The Morgan fingerprint density at radius 1 is 1.38 bits per heavy atom. The molecule has 2 heterocycles. The van der Waals surface area contributed by atoms with Crippen molar-refractivity contribution < 1.29 is 17.9 Å². The Hall–Kier alpha value is -1.76. The van der Waals surface area contributed by atoms with E-state index < -0.39 is 15.9 Å². The van der Waals surface area contributed by atoms with Gasteiger partial charge in [0.1, 0.15) is 5.75 Å². The molecule has 2 atom stereocenters. The molecule has 1 aromatic rings. The molecule has 114 valence electrons. The van der Waals surface area contributed by atoms with Crippen LogP contribution in [-0.4, -0.2) is 45.0 Å². The Morgan fingerprint density at radius 2 is 2.19 bits per heavy atom. The lowest BCUT2D eigenvalue weighted by Gasteiger charge is -2.26. The topological polar surface area (TPSA) is 84.5 Å². The summed E-state index contributed by atoms with van der Waals surface area (Å²) in [6.45, 7) is 0.797. The van der Waals surface area contributed by atoms with Crippen LogP contribution in [0.1, 0.15) is 6.42 Å². The molecule has 1 aromatic carbocycles. The third-order valence-corrected chi connectivity index (χ3v) is 5.66. The SMILES string of the molecule is O=C(NCC1CCS(=O)(=O)C1)C1CNc2ccccc2O1. The highest BCUT2D eigenvalue weighted by Crippen LogP contribution is 2.28. The first-order chi connectivity index (χ1) is 10.0. The van der Waals surface area contributed by atoms with Crippen molar-refractivity contribution in [2.45, 2.75) is 12.5 Å². The molecule has 1 amide bonds. The summed E-state index contributed by atoms with van der Waals surface area (Å²) in [4.78, 5) is 12.1. The number of hydrogen-bond donors (Lipinski definition) is 2. The Morgan fingerprint density at radius 3 is 2.95 bits per heavy atom. The average Bonchev–Trinajstić information content (AvgIpc) is 2.83. The number of sulfone groups is 1. The average molecular weight is 310 g/mol. The van der Waals surface area contributed by atoms with Crippen molar-refractivity contribution in [2.24, 2.45) is 5.92 Å². The first kappa shape index (κ1) is 14.2. The van der Waals surface area contributed by atoms with E-state index in [9.17, 15) is 13.2 Å². The van der Waals surface area contributed by atoms with Crippen molar-refractivity contribution in [1.29, 1.82) is 0 Å². The maximum Gasteiger partial charge on any atom is 0.262 e. The van der Waals surface area contributed by atoms with E-state index >= 15 is 0 Å². The van der Waals surface area contributed by atoms with E-state index in [-0.39, 0.29) is 23.3 Å². The molecule has 1 fully saturated rings. The third kappa shape index (κ3) is 3.29. The number of anilines is 1. The van der Waals surface area contributed by atoms with Gasteiger partial charge in [-0.3, -0.25) is 4.79 Å². The van der Waals surface area contributed by atoms with E-state index in [4.69, 9.17) is 4.74 Å². The van der Waals surface area contributed by atoms with Gasteiger partial charge >= 0.3 is 0 Å². The standard InChI is InChI=1S/C14H18N2O4S/c17-14(16-7-10-5-6-21(18,19)9-10)13-8-15-11-3-1-2-4-12(11)20-13/h1-4,10,13,15H,5-9H2,(H,16,17). The first-order valence-electron chi connectivity index (χ1n) is 7.01. The van der Waals surface area contributed by atoms with Crippen LogP contribution in [0.4, 0.5) is 5.69 Å². The summed E-state index contributed by atoms with van der Waals surface area (Å²) in [6.07, 6.45) is 0.0350. The lowest BCUT2D eigenvalue weighted by atomic mass is 10.1. The van der Waals surface area contributed by atoms with Crippen LogP contribution in [0.2, 0.25) is 0 Å².